The molecule has 0 radical (unpaired) electrons. The molecule has 1 saturated heterocycles. The zero-order valence-electron chi connectivity index (χ0n) is 9.82. The minimum atomic E-state index is -0.341. The van der Waals surface area contributed by atoms with Crippen molar-refractivity contribution in [2.45, 2.75) is 31.3 Å². The van der Waals surface area contributed by atoms with Crippen LogP contribution < -0.4 is 11.1 Å². The summed E-state index contributed by atoms with van der Waals surface area (Å²) in [6.07, 6.45) is 3.80. The van der Waals surface area contributed by atoms with E-state index in [9.17, 15) is 4.39 Å². The number of hydrogen-bond acceptors (Lipinski definition) is 3. The van der Waals surface area contributed by atoms with Gasteiger partial charge in [0.15, 0.2) is 0 Å². The highest BCUT2D eigenvalue weighted by Gasteiger charge is 2.34. The third kappa shape index (κ3) is 2.22. The Balaban J connectivity index is 1.65. The van der Waals surface area contributed by atoms with E-state index in [0.717, 1.165) is 31.2 Å². The molecule has 3 rings (SSSR count). The molecule has 1 aliphatic carbocycles. The predicted molar refractivity (Wildman–Crippen MR) is 67.4 cm³/mol. The summed E-state index contributed by atoms with van der Waals surface area (Å²) in [7, 11) is 0. The highest BCUT2D eigenvalue weighted by molar-refractivity contribution is 5.66. The zero-order chi connectivity index (χ0) is 11.8. The molecule has 3 nitrogen and oxygen atoms in total. The van der Waals surface area contributed by atoms with Gasteiger partial charge in [-0.1, -0.05) is 6.07 Å². The van der Waals surface area contributed by atoms with Crippen molar-refractivity contribution in [1.29, 1.82) is 0 Å². The quantitative estimate of drug-likeness (QED) is 0.788. The van der Waals surface area contributed by atoms with Crippen LogP contribution in [0, 0.1) is 5.82 Å². The molecular formula is C13H18FN3. The fourth-order valence-electron chi connectivity index (χ4n) is 2.56. The summed E-state index contributed by atoms with van der Waals surface area (Å²) in [5, 5.41) is 3.36. The molecule has 2 fully saturated rings. The van der Waals surface area contributed by atoms with Crippen molar-refractivity contribution >= 4 is 11.4 Å². The Morgan fingerprint density at radius 2 is 2.12 bits per heavy atom. The second kappa shape index (κ2) is 4.18. The van der Waals surface area contributed by atoms with Gasteiger partial charge in [-0.05, 0) is 31.4 Å². The van der Waals surface area contributed by atoms with Gasteiger partial charge in [0.1, 0.15) is 5.82 Å². The molecule has 1 aromatic carbocycles. The van der Waals surface area contributed by atoms with Gasteiger partial charge in [-0.25, -0.2) is 4.39 Å². The number of para-hydroxylation sites is 1. The molecule has 1 atom stereocenters. The Kier molecular flexibility index (Phi) is 2.67. The summed E-state index contributed by atoms with van der Waals surface area (Å²) < 4.78 is 13.3. The molecule has 1 aliphatic heterocycles. The van der Waals surface area contributed by atoms with Gasteiger partial charge in [-0.2, -0.15) is 0 Å². The van der Waals surface area contributed by atoms with Gasteiger partial charge < -0.3 is 11.1 Å². The van der Waals surface area contributed by atoms with Gasteiger partial charge in [0.05, 0.1) is 11.4 Å². The molecule has 3 N–H and O–H groups in total. The Morgan fingerprint density at radius 1 is 1.29 bits per heavy atom. The first-order valence-corrected chi connectivity index (χ1v) is 6.28. The first kappa shape index (κ1) is 10.8. The van der Waals surface area contributed by atoms with Gasteiger partial charge >= 0.3 is 0 Å². The van der Waals surface area contributed by atoms with Crippen molar-refractivity contribution in [2.75, 3.05) is 24.1 Å². The largest absolute Gasteiger partial charge is 0.395 e. The smallest absolute Gasteiger partial charge is 0.148 e. The minimum Gasteiger partial charge on any atom is -0.395 e. The second-order valence-corrected chi connectivity index (χ2v) is 5.06. The zero-order valence-corrected chi connectivity index (χ0v) is 9.82. The van der Waals surface area contributed by atoms with Crippen LogP contribution in [0.2, 0.25) is 0 Å². The van der Waals surface area contributed by atoms with Gasteiger partial charge in [-0.15, -0.1) is 0 Å². The number of hydrogen-bond donors (Lipinski definition) is 2. The average molecular weight is 235 g/mol. The summed E-state index contributed by atoms with van der Waals surface area (Å²) in [4.78, 5) is 2.52. The highest BCUT2D eigenvalue weighted by Crippen LogP contribution is 2.31. The lowest BCUT2D eigenvalue weighted by Gasteiger charge is -2.17. The average Bonchev–Trinajstić information content (AvgIpc) is 3.06. The van der Waals surface area contributed by atoms with Crippen LogP contribution in [0.4, 0.5) is 15.8 Å². The van der Waals surface area contributed by atoms with E-state index in [1.165, 1.54) is 18.9 Å². The van der Waals surface area contributed by atoms with E-state index in [-0.39, 0.29) is 11.5 Å². The monoisotopic (exact) mass is 235 g/mol. The van der Waals surface area contributed by atoms with E-state index >= 15 is 0 Å². The topological polar surface area (TPSA) is 41.3 Å². The standard InChI is InChI=1S/C13H18FN3/c14-11-2-1-3-12(13(11)15)16-9-6-7-17(8-9)10-4-5-10/h1-3,9-10,16H,4-8,15H2. The lowest BCUT2D eigenvalue weighted by Crippen LogP contribution is -2.28. The lowest BCUT2D eigenvalue weighted by atomic mass is 10.2. The van der Waals surface area contributed by atoms with Crippen molar-refractivity contribution in [1.82, 2.24) is 4.90 Å². The molecule has 0 spiro atoms. The lowest BCUT2D eigenvalue weighted by molar-refractivity contribution is 0.326. The number of likely N-dealkylation sites (tertiary alicyclic amines) is 1. The van der Waals surface area contributed by atoms with E-state index < -0.39 is 0 Å². The van der Waals surface area contributed by atoms with Crippen LogP contribution in [0.25, 0.3) is 0 Å². The van der Waals surface area contributed by atoms with Crippen LogP contribution in [-0.4, -0.2) is 30.1 Å². The number of rotatable bonds is 3. The van der Waals surface area contributed by atoms with Gasteiger partial charge in [0, 0.05) is 25.2 Å². The molecule has 4 heteroatoms. The first-order valence-electron chi connectivity index (χ1n) is 6.28. The highest BCUT2D eigenvalue weighted by atomic mass is 19.1. The van der Waals surface area contributed by atoms with Crippen molar-refractivity contribution in [2.24, 2.45) is 0 Å². The summed E-state index contributed by atoms with van der Waals surface area (Å²) in [6, 6.07) is 6.15. The Labute approximate surface area is 101 Å². The number of nitrogens with one attached hydrogen (secondary N) is 1. The maximum Gasteiger partial charge on any atom is 0.148 e. The van der Waals surface area contributed by atoms with E-state index in [1.54, 1.807) is 6.07 Å². The van der Waals surface area contributed by atoms with Gasteiger partial charge in [0.25, 0.3) is 0 Å². The van der Waals surface area contributed by atoms with Crippen LogP contribution in [0.15, 0.2) is 18.2 Å². The van der Waals surface area contributed by atoms with E-state index in [0.29, 0.717) is 6.04 Å². The van der Waals surface area contributed by atoms with Crippen molar-refractivity contribution in [3.05, 3.63) is 24.0 Å². The normalized spacial score (nSPS) is 25.1. The van der Waals surface area contributed by atoms with Crippen LogP contribution in [-0.2, 0) is 0 Å². The molecule has 92 valence electrons. The Bertz CT molecular complexity index is 417. The molecule has 0 aromatic heterocycles. The fraction of sp³-hybridized carbons (Fsp3) is 0.538. The fourth-order valence-corrected chi connectivity index (χ4v) is 2.56. The van der Waals surface area contributed by atoms with Crippen LogP contribution >= 0.6 is 0 Å². The number of nitrogens with zero attached hydrogens (tertiary/aromatic N) is 1. The van der Waals surface area contributed by atoms with Gasteiger partial charge in [0.2, 0.25) is 0 Å². The molecule has 0 amide bonds. The van der Waals surface area contributed by atoms with Crippen molar-refractivity contribution in [3.8, 4) is 0 Å². The third-order valence-corrected chi connectivity index (χ3v) is 3.70. The van der Waals surface area contributed by atoms with Crippen LogP contribution in [0.5, 0.6) is 0 Å². The number of nitrogens with two attached hydrogens (primary N) is 1. The number of halogens is 1. The summed E-state index contributed by atoms with van der Waals surface area (Å²) >= 11 is 0. The first-order chi connectivity index (χ1) is 8.24. The number of benzene rings is 1. The summed E-state index contributed by atoms with van der Waals surface area (Å²) in [5.41, 5.74) is 6.68. The van der Waals surface area contributed by atoms with E-state index in [4.69, 9.17) is 5.73 Å². The van der Waals surface area contributed by atoms with E-state index in [1.807, 2.05) is 6.07 Å². The molecular weight excluding hydrogens is 217 g/mol. The van der Waals surface area contributed by atoms with Crippen LogP contribution in [0.1, 0.15) is 19.3 Å². The number of anilines is 2. The van der Waals surface area contributed by atoms with Crippen LogP contribution in [0.3, 0.4) is 0 Å². The molecule has 1 saturated carbocycles. The SMILES string of the molecule is Nc1c(F)cccc1NC1CCN(C2CC2)C1. The Hall–Kier alpha value is -1.29. The maximum atomic E-state index is 13.3. The summed E-state index contributed by atoms with van der Waals surface area (Å²) in [5.74, 6) is -0.341. The van der Waals surface area contributed by atoms with Gasteiger partial charge in [-0.3, -0.25) is 4.90 Å². The predicted octanol–water partition coefficient (Wildman–Crippen LogP) is 2.06. The minimum absolute atomic E-state index is 0.234. The molecule has 17 heavy (non-hydrogen) atoms. The molecule has 0 bridgehead atoms. The second-order valence-electron chi connectivity index (χ2n) is 5.06. The molecule has 1 aromatic rings. The molecule has 1 unspecified atom stereocenters. The van der Waals surface area contributed by atoms with Crippen molar-refractivity contribution < 1.29 is 4.39 Å². The maximum absolute atomic E-state index is 13.3. The Morgan fingerprint density at radius 3 is 2.88 bits per heavy atom. The number of nitrogen functional groups attached to an aromatic ring is 1. The summed E-state index contributed by atoms with van der Waals surface area (Å²) in [6.45, 7) is 2.21. The molecule has 1 heterocycles. The van der Waals surface area contributed by atoms with E-state index in [2.05, 4.69) is 10.2 Å². The molecule has 2 aliphatic rings. The third-order valence-electron chi connectivity index (χ3n) is 3.70. The van der Waals surface area contributed by atoms with Crippen molar-refractivity contribution in [3.63, 3.8) is 0 Å².